The molecule has 0 saturated heterocycles. The highest BCUT2D eigenvalue weighted by Gasteiger charge is 2.09. The van der Waals surface area contributed by atoms with Gasteiger partial charge in [0.15, 0.2) is 11.5 Å². The number of nitrogens with one attached hydrogen (secondary N) is 1. The van der Waals surface area contributed by atoms with Crippen LogP contribution < -0.4 is 15.2 Å². The van der Waals surface area contributed by atoms with Crippen molar-refractivity contribution in [2.75, 3.05) is 26.2 Å². The molecule has 1 N–H and O–H groups in total. The number of aromatic amines is 1. The molecule has 2 aromatic rings. The zero-order valence-electron chi connectivity index (χ0n) is 13.3. The Morgan fingerprint density at radius 2 is 1.68 bits per heavy atom. The number of aryl methyl sites for hydroxylation is 1. The maximum absolute atomic E-state index is 11.2. The van der Waals surface area contributed by atoms with E-state index in [2.05, 4.69) is 9.97 Å². The molecule has 22 heavy (non-hydrogen) atoms. The SMILES string of the molecule is CCS(C)(=O)=O.COc1cc2nc(=O)[nH]c(C)c2cc1OC. The van der Waals surface area contributed by atoms with Crippen LogP contribution in [0.15, 0.2) is 16.9 Å². The van der Waals surface area contributed by atoms with Gasteiger partial charge in [-0.3, -0.25) is 0 Å². The third-order valence-corrected chi connectivity index (χ3v) is 4.00. The highest BCUT2D eigenvalue weighted by Crippen LogP contribution is 2.31. The fraction of sp³-hybridized carbons (Fsp3) is 0.429. The van der Waals surface area contributed by atoms with E-state index in [1.165, 1.54) is 6.26 Å². The minimum atomic E-state index is -2.66. The Labute approximate surface area is 129 Å². The molecule has 2 rings (SSSR count). The smallest absolute Gasteiger partial charge is 0.345 e. The maximum Gasteiger partial charge on any atom is 0.345 e. The minimum absolute atomic E-state index is 0.243. The number of ether oxygens (including phenoxy) is 2. The Balaban J connectivity index is 0.000000346. The first-order valence-electron chi connectivity index (χ1n) is 6.52. The Hall–Kier alpha value is -2.09. The second kappa shape index (κ2) is 7.26. The van der Waals surface area contributed by atoms with Crippen LogP contribution >= 0.6 is 0 Å². The van der Waals surface area contributed by atoms with E-state index in [-0.39, 0.29) is 11.4 Å². The van der Waals surface area contributed by atoms with Crippen LogP contribution in [0.2, 0.25) is 0 Å². The summed E-state index contributed by atoms with van der Waals surface area (Å²) in [6.45, 7) is 3.44. The van der Waals surface area contributed by atoms with Crippen molar-refractivity contribution in [3.63, 3.8) is 0 Å². The standard InChI is InChI=1S/C11H12N2O3.C3H8O2S/c1-6-7-4-9(15-2)10(16-3)5-8(7)13-11(14)12-6;1-3-6(2,4)5/h4-5H,1-3H3,(H,12,13,14);3H2,1-2H3. The minimum Gasteiger partial charge on any atom is -0.493 e. The largest absolute Gasteiger partial charge is 0.493 e. The van der Waals surface area contributed by atoms with E-state index < -0.39 is 9.84 Å². The van der Waals surface area contributed by atoms with Crippen molar-refractivity contribution in [2.24, 2.45) is 0 Å². The van der Waals surface area contributed by atoms with Gasteiger partial charge in [-0.25, -0.2) is 13.2 Å². The summed E-state index contributed by atoms with van der Waals surface area (Å²) < 4.78 is 30.3. The number of methoxy groups -OCH3 is 2. The summed E-state index contributed by atoms with van der Waals surface area (Å²) >= 11 is 0. The molecule has 1 aromatic heterocycles. The predicted molar refractivity (Wildman–Crippen MR) is 85.6 cm³/mol. The van der Waals surface area contributed by atoms with E-state index in [4.69, 9.17) is 9.47 Å². The van der Waals surface area contributed by atoms with Crippen LogP contribution in [0.1, 0.15) is 12.6 Å². The van der Waals surface area contributed by atoms with Crippen LogP contribution in [0.3, 0.4) is 0 Å². The first-order valence-corrected chi connectivity index (χ1v) is 8.58. The summed E-state index contributed by atoms with van der Waals surface area (Å²) in [5.74, 6) is 1.42. The van der Waals surface area contributed by atoms with Crippen LogP contribution in [-0.2, 0) is 9.84 Å². The molecule has 122 valence electrons. The van der Waals surface area contributed by atoms with E-state index in [9.17, 15) is 13.2 Å². The van der Waals surface area contributed by atoms with Crippen molar-refractivity contribution in [1.29, 1.82) is 0 Å². The molecule has 0 aliphatic heterocycles. The Morgan fingerprint density at radius 1 is 1.18 bits per heavy atom. The van der Waals surface area contributed by atoms with Gasteiger partial charge in [-0.15, -0.1) is 0 Å². The average Bonchev–Trinajstić information content (AvgIpc) is 2.45. The number of fused-ring (bicyclic) bond motifs is 1. The molecule has 0 bridgehead atoms. The number of H-pyrrole nitrogens is 1. The van der Waals surface area contributed by atoms with Gasteiger partial charge in [-0.05, 0) is 13.0 Å². The molecule has 0 amide bonds. The summed E-state index contributed by atoms with van der Waals surface area (Å²) in [5, 5.41) is 0.845. The maximum atomic E-state index is 11.2. The summed E-state index contributed by atoms with van der Waals surface area (Å²) in [4.78, 5) is 17.7. The fourth-order valence-corrected chi connectivity index (χ4v) is 1.63. The molecule has 0 atom stereocenters. The zero-order chi connectivity index (χ0) is 16.9. The molecule has 0 unspecified atom stereocenters. The second-order valence-electron chi connectivity index (χ2n) is 4.61. The van der Waals surface area contributed by atoms with E-state index in [0.29, 0.717) is 17.0 Å². The Bertz CT molecular complexity index is 812. The van der Waals surface area contributed by atoms with Gasteiger partial charge in [0.05, 0.1) is 19.7 Å². The monoisotopic (exact) mass is 328 g/mol. The number of benzene rings is 1. The topological polar surface area (TPSA) is 98.4 Å². The molecule has 7 nitrogen and oxygen atoms in total. The highest BCUT2D eigenvalue weighted by atomic mass is 32.2. The van der Waals surface area contributed by atoms with Crippen molar-refractivity contribution in [3.8, 4) is 11.5 Å². The van der Waals surface area contributed by atoms with Crippen molar-refractivity contribution in [3.05, 3.63) is 28.3 Å². The average molecular weight is 328 g/mol. The Kier molecular flexibility index (Phi) is 5.92. The predicted octanol–water partition coefficient (Wildman–Crippen LogP) is 1.30. The van der Waals surface area contributed by atoms with Crippen LogP contribution in [0.25, 0.3) is 10.9 Å². The van der Waals surface area contributed by atoms with Crippen LogP contribution in [0.5, 0.6) is 11.5 Å². The van der Waals surface area contributed by atoms with E-state index in [1.807, 2.05) is 6.92 Å². The number of rotatable bonds is 3. The first-order chi connectivity index (χ1) is 10.2. The normalized spacial score (nSPS) is 10.8. The summed E-state index contributed by atoms with van der Waals surface area (Å²) in [7, 11) is 0.451. The highest BCUT2D eigenvalue weighted by molar-refractivity contribution is 7.90. The van der Waals surface area contributed by atoms with E-state index in [0.717, 1.165) is 11.1 Å². The fourth-order valence-electron chi connectivity index (χ4n) is 1.63. The van der Waals surface area contributed by atoms with Gasteiger partial charge in [0.2, 0.25) is 0 Å². The molecule has 8 heteroatoms. The molecular formula is C14H20N2O5S. The lowest BCUT2D eigenvalue weighted by Gasteiger charge is -2.09. The molecular weight excluding hydrogens is 308 g/mol. The summed E-state index contributed by atoms with van der Waals surface area (Å²) in [6, 6.07) is 3.49. The zero-order valence-corrected chi connectivity index (χ0v) is 14.1. The van der Waals surface area contributed by atoms with Gasteiger partial charge >= 0.3 is 5.69 Å². The number of hydrogen-bond acceptors (Lipinski definition) is 6. The molecule has 0 aliphatic rings. The third-order valence-electron chi connectivity index (χ3n) is 2.95. The van der Waals surface area contributed by atoms with Gasteiger partial charge in [0, 0.05) is 29.2 Å². The molecule has 1 aromatic carbocycles. The lowest BCUT2D eigenvalue weighted by Crippen LogP contribution is -2.11. The third kappa shape index (κ3) is 4.73. The molecule has 0 radical (unpaired) electrons. The van der Waals surface area contributed by atoms with Crippen molar-refractivity contribution < 1.29 is 17.9 Å². The van der Waals surface area contributed by atoms with Crippen LogP contribution in [0, 0.1) is 6.92 Å². The quantitative estimate of drug-likeness (QED) is 0.912. The number of aromatic nitrogens is 2. The van der Waals surface area contributed by atoms with Crippen molar-refractivity contribution in [1.82, 2.24) is 9.97 Å². The lowest BCUT2D eigenvalue weighted by atomic mass is 10.2. The summed E-state index contributed by atoms with van der Waals surface area (Å²) in [6.07, 6.45) is 1.22. The summed E-state index contributed by atoms with van der Waals surface area (Å²) in [5.41, 5.74) is 0.993. The molecule has 0 spiro atoms. The Morgan fingerprint density at radius 3 is 2.14 bits per heavy atom. The van der Waals surface area contributed by atoms with Crippen LogP contribution in [-0.4, -0.2) is 44.6 Å². The number of sulfone groups is 1. The molecule has 0 fully saturated rings. The number of nitrogens with zero attached hydrogens (tertiary/aromatic N) is 1. The van der Waals surface area contributed by atoms with E-state index >= 15 is 0 Å². The van der Waals surface area contributed by atoms with Crippen molar-refractivity contribution >= 4 is 20.7 Å². The lowest BCUT2D eigenvalue weighted by molar-refractivity contribution is 0.355. The van der Waals surface area contributed by atoms with Gasteiger partial charge < -0.3 is 14.5 Å². The molecule has 1 heterocycles. The first kappa shape index (κ1) is 18.0. The van der Waals surface area contributed by atoms with Gasteiger partial charge in [0.25, 0.3) is 0 Å². The number of hydrogen-bond donors (Lipinski definition) is 1. The van der Waals surface area contributed by atoms with Crippen LogP contribution in [0.4, 0.5) is 0 Å². The van der Waals surface area contributed by atoms with E-state index in [1.54, 1.807) is 33.3 Å². The second-order valence-corrected chi connectivity index (χ2v) is 7.03. The van der Waals surface area contributed by atoms with Gasteiger partial charge in [0.1, 0.15) is 9.84 Å². The molecule has 0 saturated carbocycles. The van der Waals surface area contributed by atoms with Gasteiger partial charge in [-0.1, -0.05) is 6.92 Å². The van der Waals surface area contributed by atoms with Crippen molar-refractivity contribution in [2.45, 2.75) is 13.8 Å². The van der Waals surface area contributed by atoms with Gasteiger partial charge in [-0.2, -0.15) is 4.98 Å². The molecule has 0 aliphatic carbocycles.